The van der Waals surface area contributed by atoms with Crippen LogP contribution in [0.25, 0.3) is 0 Å². The first kappa shape index (κ1) is 13.4. The molecule has 100 valence electrons. The molecule has 2 rings (SSSR count). The molecule has 1 aliphatic heterocycles. The summed E-state index contributed by atoms with van der Waals surface area (Å²) in [6.45, 7) is 6.82. The molecular weight excluding hydrogens is 220 g/mol. The number of nitrogens with one attached hydrogen (secondary N) is 1. The number of rotatable bonds is 5. The molecule has 0 bridgehead atoms. The fourth-order valence-corrected chi connectivity index (χ4v) is 3.04. The van der Waals surface area contributed by atoms with Gasteiger partial charge in [-0.3, -0.25) is 0 Å². The minimum absolute atomic E-state index is 0.671. The van der Waals surface area contributed by atoms with Gasteiger partial charge in [0.25, 0.3) is 0 Å². The van der Waals surface area contributed by atoms with E-state index in [-0.39, 0.29) is 0 Å². The second-order valence-electron chi connectivity index (χ2n) is 5.31. The first-order valence-corrected chi connectivity index (χ1v) is 7.31. The van der Waals surface area contributed by atoms with Gasteiger partial charge in [-0.05, 0) is 43.4 Å². The Hall–Kier alpha value is -1.02. The molecule has 2 nitrogen and oxygen atoms in total. The van der Waals surface area contributed by atoms with Crippen LogP contribution in [0.2, 0.25) is 0 Å². The van der Waals surface area contributed by atoms with Gasteiger partial charge in [0, 0.05) is 25.3 Å². The minimum atomic E-state index is 0.671. The summed E-state index contributed by atoms with van der Waals surface area (Å²) in [6, 6.07) is 7.41. The summed E-state index contributed by atoms with van der Waals surface area (Å²) in [5.74, 6) is 0. The molecule has 1 aliphatic rings. The molecule has 0 aliphatic carbocycles. The zero-order chi connectivity index (χ0) is 13.0. The van der Waals surface area contributed by atoms with E-state index in [0.29, 0.717) is 6.04 Å². The highest BCUT2D eigenvalue weighted by atomic mass is 15.1. The third kappa shape index (κ3) is 2.86. The molecule has 0 saturated carbocycles. The average molecular weight is 246 g/mol. The van der Waals surface area contributed by atoms with E-state index in [2.05, 4.69) is 49.3 Å². The summed E-state index contributed by atoms with van der Waals surface area (Å²) in [7, 11) is 2.24. The van der Waals surface area contributed by atoms with Crippen molar-refractivity contribution in [3.8, 4) is 0 Å². The first-order valence-electron chi connectivity index (χ1n) is 7.31. The average Bonchev–Trinajstić information content (AvgIpc) is 2.90. The fraction of sp³-hybridized carbons (Fsp3) is 0.625. The van der Waals surface area contributed by atoms with E-state index in [9.17, 15) is 0 Å². The number of aryl methyl sites for hydroxylation is 2. The number of benzene rings is 1. The van der Waals surface area contributed by atoms with Crippen LogP contribution in [0.3, 0.4) is 0 Å². The van der Waals surface area contributed by atoms with Crippen molar-refractivity contribution in [2.45, 2.75) is 45.6 Å². The van der Waals surface area contributed by atoms with E-state index >= 15 is 0 Å². The number of hydrogen-bond donors (Lipinski definition) is 1. The van der Waals surface area contributed by atoms with Gasteiger partial charge in [-0.2, -0.15) is 0 Å². The number of nitrogens with zero attached hydrogens (tertiary/aromatic N) is 1. The maximum Gasteiger partial charge on any atom is 0.0429 e. The minimum Gasteiger partial charge on any atom is -0.373 e. The van der Waals surface area contributed by atoms with Crippen LogP contribution in [-0.4, -0.2) is 26.2 Å². The number of anilines is 1. The lowest BCUT2D eigenvalue weighted by atomic mass is 10.0. The molecule has 0 amide bonds. The second kappa shape index (κ2) is 6.24. The third-order valence-corrected chi connectivity index (χ3v) is 4.00. The second-order valence-corrected chi connectivity index (χ2v) is 5.31. The maximum atomic E-state index is 3.59. The van der Waals surface area contributed by atoms with Crippen LogP contribution in [-0.2, 0) is 12.8 Å². The predicted molar refractivity (Wildman–Crippen MR) is 79.5 cm³/mol. The van der Waals surface area contributed by atoms with Gasteiger partial charge in [-0.15, -0.1) is 0 Å². The van der Waals surface area contributed by atoms with Crippen LogP contribution in [0.4, 0.5) is 5.69 Å². The van der Waals surface area contributed by atoms with Crippen molar-refractivity contribution < 1.29 is 0 Å². The lowest BCUT2D eigenvalue weighted by Gasteiger charge is -2.28. The van der Waals surface area contributed by atoms with E-state index in [0.717, 1.165) is 19.4 Å². The quantitative estimate of drug-likeness (QED) is 0.859. The normalized spacial score (nSPS) is 19.2. The predicted octanol–water partition coefficient (Wildman–Crippen LogP) is 3.00. The Morgan fingerprint density at radius 3 is 2.39 bits per heavy atom. The summed E-state index contributed by atoms with van der Waals surface area (Å²) in [6.07, 6.45) is 4.88. The van der Waals surface area contributed by atoms with Gasteiger partial charge in [0.2, 0.25) is 0 Å². The first-order chi connectivity index (χ1) is 8.76. The Labute approximate surface area is 111 Å². The molecule has 1 fully saturated rings. The standard InChI is InChI=1S/C16H26N2/c1-4-13-8-6-9-14(5-2)16(13)18(3)12-15-10-7-11-17-15/h6,8-9,15,17H,4-5,7,10-12H2,1-3H3. The lowest BCUT2D eigenvalue weighted by Crippen LogP contribution is -2.36. The summed E-state index contributed by atoms with van der Waals surface area (Å²) in [4.78, 5) is 2.46. The van der Waals surface area contributed by atoms with Crippen molar-refractivity contribution in [1.82, 2.24) is 5.32 Å². The van der Waals surface area contributed by atoms with Gasteiger partial charge in [0.1, 0.15) is 0 Å². The highest BCUT2D eigenvalue weighted by Gasteiger charge is 2.18. The zero-order valence-corrected chi connectivity index (χ0v) is 12.0. The SMILES string of the molecule is CCc1cccc(CC)c1N(C)CC1CCCN1. The van der Waals surface area contributed by atoms with Crippen molar-refractivity contribution in [2.24, 2.45) is 0 Å². The molecule has 1 N–H and O–H groups in total. The maximum absolute atomic E-state index is 3.59. The number of hydrogen-bond acceptors (Lipinski definition) is 2. The fourth-order valence-electron chi connectivity index (χ4n) is 3.04. The highest BCUT2D eigenvalue weighted by molar-refractivity contribution is 5.59. The van der Waals surface area contributed by atoms with E-state index in [1.54, 1.807) is 0 Å². The molecular formula is C16H26N2. The Morgan fingerprint density at radius 1 is 1.22 bits per heavy atom. The van der Waals surface area contributed by atoms with Crippen molar-refractivity contribution >= 4 is 5.69 Å². The zero-order valence-electron chi connectivity index (χ0n) is 12.0. The van der Waals surface area contributed by atoms with E-state index in [1.165, 1.54) is 36.2 Å². The summed E-state index contributed by atoms with van der Waals surface area (Å²) in [5.41, 5.74) is 4.43. The molecule has 0 radical (unpaired) electrons. The largest absolute Gasteiger partial charge is 0.373 e. The molecule has 2 heteroatoms. The van der Waals surface area contributed by atoms with Crippen LogP contribution in [0.1, 0.15) is 37.8 Å². The van der Waals surface area contributed by atoms with Crippen LogP contribution >= 0.6 is 0 Å². The number of para-hydroxylation sites is 1. The topological polar surface area (TPSA) is 15.3 Å². The Balaban J connectivity index is 2.18. The van der Waals surface area contributed by atoms with Gasteiger partial charge >= 0.3 is 0 Å². The van der Waals surface area contributed by atoms with Crippen molar-refractivity contribution in [1.29, 1.82) is 0 Å². The van der Waals surface area contributed by atoms with Crippen LogP contribution in [0, 0.1) is 0 Å². The Bertz CT molecular complexity index is 358. The molecule has 1 unspecified atom stereocenters. The van der Waals surface area contributed by atoms with Crippen LogP contribution < -0.4 is 10.2 Å². The molecule has 1 saturated heterocycles. The molecule has 0 aromatic heterocycles. The van der Waals surface area contributed by atoms with E-state index < -0.39 is 0 Å². The molecule has 18 heavy (non-hydrogen) atoms. The summed E-state index contributed by atoms with van der Waals surface area (Å²) >= 11 is 0. The van der Waals surface area contributed by atoms with Gasteiger partial charge < -0.3 is 10.2 Å². The van der Waals surface area contributed by atoms with E-state index in [1.807, 2.05) is 0 Å². The molecule has 1 atom stereocenters. The van der Waals surface area contributed by atoms with Crippen LogP contribution in [0.5, 0.6) is 0 Å². The molecule has 1 aromatic rings. The van der Waals surface area contributed by atoms with Gasteiger partial charge in [0.15, 0.2) is 0 Å². The molecule has 1 heterocycles. The third-order valence-electron chi connectivity index (χ3n) is 4.00. The Kier molecular flexibility index (Phi) is 4.65. The van der Waals surface area contributed by atoms with Crippen LogP contribution in [0.15, 0.2) is 18.2 Å². The lowest BCUT2D eigenvalue weighted by molar-refractivity contribution is 0.598. The monoisotopic (exact) mass is 246 g/mol. The smallest absolute Gasteiger partial charge is 0.0429 e. The molecule has 0 spiro atoms. The van der Waals surface area contributed by atoms with E-state index in [4.69, 9.17) is 0 Å². The highest BCUT2D eigenvalue weighted by Crippen LogP contribution is 2.26. The van der Waals surface area contributed by atoms with Gasteiger partial charge in [-0.25, -0.2) is 0 Å². The van der Waals surface area contributed by atoms with Gasteiger partial charge in [-0.1, -0.05) is 32.0 Å². The van der Waals surface area contributed by atoms with Gasteiger partial charge in [0.05, 0.1) is 0 Å². The molecule has 1 aromatic carbocycles. The summed E-state index contributed by atoms with van der Waals surface area (Å²) in [5, 5.41) is 3.59. The van der Waals surface area contributed by atoms with Crippen molar-refractivity contribution in [3.63, 3.8) is 0 Å². The number of likely N-dealkylation sites (N-methyl/N-ethyl adjacent to an activating group) is 1. The summed E-state index contributed by atoms with van der Waals surface area (Å²) < 4.78 is 0. The van der Waals surface area contributed by atoms with Crippen molar-refractivity contribution in [2.75, 3.05) is 25.0 Å². The van der Waals surface area contributed by atoms with Crippen molar-refractivity contribution in [3.05, 3.63) is 29.3 Å². The Morgan fingerprint density at radius 2 is 1.89 bits per heavy atom.